The number of carbonyl (C=O) groups excluding carboxylic acids is 1. The predicted molar refractivity (Wildman–Crippen MR) is 102 cm³/mol. The number of carbonyl (C=O) groups is 1. The molecule has 3 fully saturated rings. The Bertz CT molecular complexity index is 636. The SMILES string of the molecule is CC1(C)[C@]2(C(=O)Nc3cccc(Cl)c3)CC[C@@]1(C(Br)Br)[C@H]2Br. The van der Waals surface area contributed by atoms with Gasteiger partial charge >= 0.3 is 0 Å². The zero-order chi connectivity index (χ0) is 16.3. The van der Waals surface area contributed by atoms with E-state index in [1.807, 2.05) is 12.1 Å². The number of halogens is 4. The lowest BCUT2D eigenvalue weighted by molar-refractivity contribution is -0.155. The van der Waals surface area contributed by atoms with Crippen LogP contribution in [0.4, 0.5) is 5.69 Å². The normalized spacial score (nSPS) is 35.3. The summed E-state index contributed by atoms with van der Waals surface area (Å²) in [4.78, 5) is 13.2. The first-order chi connectivity index (χ1) is 10.2. The summed E-state index contributed by atoms with van der Waals surface area (Å²) >= 11 is 17.2. The summed E-state index contributed by atoms with van der Waals surface area (Å²) in [6.07, 6.45) is 1.90. The maximum Gasteiger partial charge on any atom is 0.232 e. The Morgan fingerprint density at radius 1 is 1.36 bits per heavy atom. The molecule has 3 aliphatic carbocycles. The Labute approximate surface area is 161 Å². The van der Waals surface area contributed by atoms with Crippen LogP contribution in [0.5, 0.6) is 0 Å². The van der Waals surface area contributed by atoms with Gasteiger partial charge in [0, 0.05) is 21.0 Å². The molecule has 0 aliphatic heterocycles. The molecule has 3 aliphatic rings. The average molecular weight is 514 g/mol. The molecule has 3 atom stereocenters. The highest BCUT2D eigenvalue weighted by atomic mass is 79.9. The van der Waals surface area contributed by atoms with E-state index in [0.717, 1.165) is 18.5 Å². The van der Waals surface area contributed by atoms with Crippen molar-refractivity contribution in [2.75, 3.05) is 5.32 Å². The Morgan fingerprint density at radius 2 is 2.05 bits per heavy atom. The topological polar surface area (TPSA) is 29.1 Å². The largest absolute Gasteiger partial charge is 0.326 e. The number of rotatable bonds is 3. The molecule has 2 nitrogen and oxygen atoms in total. The molecule has 4 rings (SSSR count). The van der Waals surface area contributed by atoms with E-state index in [-0.39, 0.29) is 25.3 Å². The first-order valence-corrected chi connectivity index (χ1v) is 10.3. The third-order valence-electron chi connectivity index (χ3n) is 5.97. The molecule has 0 aromatic heterocycles. The highest BCUT2D eigenvalue weighted by Gasteiger charge is 2.83. The van der Waals surface area contributed by atoms with Crippen molar-refractivity contribution in [2.24, 2.45) is 16.2 Å². The van der Waals surface area contributed by atoms with Gasteiger partial charge in [-0.2, -0.15) is 0 Å². The number of hydrogen-bond acceptors (Lipinski definition) is 1. The maximum atomic E-state index is 13.1. The van der Waals surface area contributed by atoms with Crippen LogP contribution in [0.1, 0.15) is 26.7 Å². The number of amides is 1. The number of nitrogens with one attached hydrogen (secondary N) is 1. The van der Waals surface area contributed by atoms with Crippen LogP contribution in [0, 0.1) is 16.2 Å². The van der Waals surface area contributed by atoms with Crippen molar-refractivity contribution in [3.63, 3.8) is 0 Å². The number of anilines is 1. The van der Waals surface area contributed by atoms with Crippen molar-refractivity contribution < 1.29 is 4.79 Å². The monoisotopic (exact) mass is 511 g/mol. The molecule has 0 radical (unpaired) electrons. The average Bonchev–Trinajstić information content (AvgIpc) is 2.88. The molecule has 0 spiro atoms. The molecule has 0 saturated heterocycles. The highest BCUT2D eigenvalue weighted by Crippen LogP contribution is 2.82. The molecule has 2 bridgehead atoms. The molecule has 0 heterocycles. The maximum absolute atomic E-state index is 13.1. The van der Waals surface area contributed by atoms with E-state index in [1.54, 1.807) is 12.1 Å². The summed E-state index contributed by atoms with van der Waals surface area (Å²) < 4.78 is 0.182. The van der Waals surface area contributed by atoms with Crippen molar-refractivity contribution in [1.82, 2.24) is 0 Å². The van der Waals surface area contributed by atoms with Crippen LogP contribution in [0.3, 0.4) is 0 Å². The minimum absolute atomic E-state index is 0.0404. The molecule has 6 heteroatoms. The zero-order valence-electron chi connectivity index (χ0n) is 12.3. The van der Waals surface area contributed by atoms with Crippen LogP contribution >= 0.6 is 59.4 Å². The summed E-state index contributed by atoms with van der Waals surface area (Å²) in [7, 11) is 0. The van der Waals surface area contributed by atoms with E-state index >= 15 is 0 Å². The van der Waals surface area contributed by atoms with Gasteiger partial charge in [0.15, 0.2) is 0 Å². The number of hydrogen-bond donors (Lipinski definition) is 1. The summed E-state index contributed by atoms with van der Waals surface area (Å²) in [6, 6.07) is 7.30. The molecule has 1 amide bonds. The van der Waals surface area contributed by atoms with E-state index in [1.165, 1.54) is 0 Å². The summed E-state index contributed by atoms with van der Waals surface area (Å²) in [5.74, 6) is 0.0791. The number of alkyl halides is 3. The van der Waals surface area contributed by atoms with Crippen molar-refractivity contribution in [2.45, 2.75) is 35.3 Å². The summed E-state index contributed by atoms with van der Waals surface area (Å²) in [5.41, 5.74) is 0.295. The van der Waals surface area contributed by atoms with E-state index in [2.05, 4.69) is 67.0 Å². The lowest BCUT2D eigenvalue weighted by atomic mass is 9.43. The Kier molecular flexibility index (Phi) is 4.29. The van der Waals surface area contributed by atoms with Gasteiger partial charge in [-0.05, 0) is 36.5 Å². The molecular weight excluding hydrogens is 497 g/mol. The van der Waals surface area contributed by atoms with Crippen LogP contribution in [0.15, 0.2) is 24.3 Å². The van der Waals surface area contributed by atoms with Gasteiger partial charge in [-0.25, -0.2) is 0 Å². The fraction of sp³-hybridized carbons (Fsp3) is 0.562. The third-order valence-corrected chi connectivity index (χ3v) is 9.44. The fourth-order valence-electron chi connectivity index (χ4n) is 4.51. The van der Waals surface area contributed by atoms with E-state index < -0.39 is 5.41 Å². The van der Waals surface area contributed by atoms with Crippen LogP contribution in [0.2, 0.25) is 5.02 Å². The van der Waals surface area contributed by atoms with Crippen LogP contribution in [-0.2, 0) is 4.79 Å². The van der Waals surface area contributed by atoms with Gasteiger partial charge in [-0.3, -0.25) is 4.79 Å². The smallest absolute Gasteiger partial charge is 0.232 e. The van der Waals surface area contributed by atoms with Gasteiger partial charge in [0.2, 0.25) is 5.91 Å². The van der Waals surface area contributed by atoms with Crippen molar-refractivity contribution in [3.8, 4) is 0 Å². The molecular formula is C16H17Br3ClNO. The second kappa shape index (κ2) is 5.47. The lowest BCUT2D eigenvalue weighted by Gasteiger charge is -2.66. The zero-order valence-corrected chi connectivity index (χ0v) is 17.8. The Hall–Kier alpha value is 0.420. The van der Waals surface area contributed by atoms with E-state index in [9.17, 15) is 4.79 Å². The van der Waals surface area contributed by atoms with Gasteiger partial charge in [0.1, 0.15) is 0 Å². The summed E-state index contributed by atoms with van der Waals surface area (Å²) in [6.45, 7) is 4.40. The first kappa shape index (κ1) is 17.2. The second-order valence-electron chi connectivity index (χ2n) is 6.76. The van der Waals surface area contributed by atoms with E-state index in [0.29, 0.717) is 5.02 Å². The number of benzene rings is 1. The number of fused-ring (bicyclic) bond motifs is 1. The predicted octanol–water partition coefficient (Wildman–Crippen LogP) is 5.96. The molecule has 120 valence electrons. The van der Waals surface area contributed by atoms with Crippen LogP contribution in [-0.4, -0.2) is 14.5 Å². The summed E-state index contributed by atoms with van der Waals surface area (Å²) in [5, 5.41) is 3.69. The van der Waals surface area contributed by atoms with Gasteiger partial charge in [0.05, 0.1) is 9.15 Å². The molecule has 22 heavy (non-hydrogen) atoms. The minimum atomic E-state index is -0.394. The van der Waals surface area contributed by atoms with Crippen LogP contribution < -0.4 is 5.32 Å². The fourth-order valence-corrected chi connectivity index (χ4v) is 9.61. The van der Waals surface area contributed by atoms with Crippen molar-refractivity contribution in [3.05, 3.63) is 29.3 Å². The highest BCUT2D eigenvalue weighted by molar-refractivity contribution is 9.24. The first-order valence-electron chi connectivity index (χ1n) is 7.19. The van der Waals surface area contributed by atoms with Gasteiger partial charge in [-0.1, -0.05) is 79.3 Å². The van der Waals surface area contributed by atoms with E-state index in [4.69, 9.17) is 11.6 Å². The lowest BCUT2D eigenvalue weighted by Crippen LogP contribution is -2.71. The Balaban J connectivity index is 1.91. The van der Waals surface area contributed by atoms with Gasteiger partial charge in [-0.15, -0.1) is 0 Å². The van der Waals surface area contributed by atoms with Crippen molar-refractivity contribution in [1.29, 1.82) is 0 Å². The molecule has 3 saturated carbocycles. The Morgan fingerprint density at radius 3 is 2.55 bits per heavy atom. The molecule has 0 unspecified atom stereocenters. The molecule has 1 aromatic carbocycles. The standard InChI is InChI=1S/C16H17Br3ClNO/c1-14(2)15(12(18)19)6-7-16(14,11(15)17)13(22)21-10-5-3-4-9(20)8-10/h3-5,8,11-12H,6-7H2,1-2H3,(H,21,22)/t11-,15+,16-/m1/s1. The second-order valence-corrected chi connectivity index (χ2v) is 11.2. The quantitative estimate of drug-likeness (QED) is 0.496. The van der Waals surface area contributed by atoms with Crippen LogP contribution in [0.25, 0.3) is 0 Å². The van der Waals surface area contributed by atoms with Gasteiger partial charge < -0.3 is 5.32 Å². The minimum Gasteiger partial charge on any atom is -0.326 e. The molecule has 1 aromatic rings. The third kappa shape index (κ3) is 1.91. The molecule has 1 N–H and O–H groups in total. The van der Waals surface area contributed by atoms with Gasteiger partial charge in [0.25, 0.3) is 0 Å². The van der Waals surface area contributed by atoms with Crippen molar-refractivity contribution >= 4 is 71.0 Å².